The summed E-state index contributed by atoms with van der Waals surface area (Å²) in [5.41, 5.74) is 6.01. The lowest BCUT2D eigenvalue weighted by atomic mass is 9.79. The van der Waals surface area contributed by atoms with Gasteiger partial charge in [-0.05, 0) is 41.2 Å². The van der Waals surface area contributed by atoms with Crippen molar-refractivity contribution in [2.75, 3.05) is 0 Å². The van der Waals surface area contributed by atoms with E-state index in [1.165, 1.54) is 21.6 Å². The molecule has 2 aromatic rings. The number of aryl methyl sites for hydroxylation is 1. The van der Waals surface area contributed by atoms with Crippen LogP contribution in [-0.2, 0) is 5.75 Å². The fourth-order valence-electron chi connectivity index (χ4n) is 3.15. The van der Waals surface area contributed by atoms with Crippen molar-refractivity contribution in [3.63, 3.8) is 0 Å². The van der Waals surface area contributed by atoms with Gasteiger partial charge in [0.2, 0.25) is 0 Å². The summed E-state index contributed by atoms with van der Waals surface area (Å²) in [6.07, 6.45) is 0. The number of hydrogen-bond acceptors (Lipinski definition) is 1. The minimum atomic E-state index is 0.530. The van der Waals surface area contributed by atoms with Crippen LogP contribution in [0.1, 0.15) is 42.0 Å². The van der Waals surface area contributed by atoms with Crippen molar-refractivity contribution >= 4 is 11.8 Å². The van der Waals surface area contributed by atoms with E-state index in [1.807, 2.05) is 11.8 Å². The fraction of sp³-hybridized carbons (Fsp3) is 0.333. The summed E-state index contributed by atoms with van der Waals surface area (Å²) in [7, 11) is 0. The average molecular weight is 268 g/mol. The molecule has 0 fully saturated rings. The smallest absolute Gasteiger partial charge is 0.0235 e. The standard InChI is InChI=1S/C18H20S/c1-12(2)17-15-9-5-4-8-14(15)11-19-16-10-6-7-13(3)18(16)17/h4-10,12,17H,11H2,1-3H3. The van der Waals surface area contributed by atoms with Crippen molar-refractivity contribution in [2.24, 2.45) is 5.92 Å². The van der Waals surface area contributed by atoms with Gasteiger partial charge in [-0.1, -0.05) is 50.2 Å². The van der Waals surface area contributed by atoms with Crippen molar-refractivity contribution in [3.05, 3.63) is 64.7 Å². The lowest BCUT2D eigenvalue weighted by Gasteiger charge is -2.25. The summed E-state index contributed by atoms with van der Waals surface area (Å²) in [6, 6.07) is 15.7. The molecule has 1 aliphatic rings. The monoisotopic (exact) mass is 268 g/mol. The maximum atomic E-state index is 2.34. The van der Waals surface area contributed by atoms with Gasteiger partial charge in [0.05, 0.1) is 0 Å². The number of benzene rings is 2. The molecule has 0 spiro atoms. The molecule has 0 amide bonds. The van der Waals surface area contributed by atoms with Crippen LogP contribution in [0.5, 0.6) is 0 Å². The minimum Gasteiger partial charge on any atom is -0.121 e. The zero-order valence-corrected chi connectivity index (χ0v) is 12.6. The Morgan fingerprint density at radius 2 is 1.84 bits per heavy atom. The van der Waals surface area contributed by atoms with E-state index in [0.717, 1.165) is 5.75 Å². The molecule has 1 unspecified atom stereocenters. The molecule has 98 valence electrons. The highest BCUT2D eigenvalue weighted by atomic mass is 32.2. The largest absolute Gasteiger partial charge is 0.121 e. The molecule has 1 atom stereocenters. The normalized spacial score (nSPS) is 17.8. The molecule has 0 radical (unpaired) electrons. The first kappa shape index (κ1) is 12.8. The lowest BCUT2D eigenvalue weighted by Crippen LogP contribution is -2.11. The molecule has 0 aliphatic carbocycles. The summed E-state index contributed by atoms with van der Waals surface area (Å²) in [5.74, 6) is 2.25. The second kappa shape index (κ2) is 5.05. The summed E-state index contributed by atoms with van der Waals surface area (Å²) in [6.45, 7) is 6.93. The Hall–Kier alpha value is -1.21. The van der Waals surface area contributed by atoms with Crippen LogP contribution in [0.3, 0.4) is 0 Å². The maximum Gasteiger partial charge on any atom is 0.0235 e. The topological polar surface area (TPSA) is 0 Å². The predicted molar refractivity (Wildman–Crippen MR) is 83.9 cm³/mol. The zero-order chi connectivity index (χ0) is 13.4. The first-order valence-corrected chi connectivity index (χ1v) is 7.97. The molecular formula is C18H20S. The molecule has 0 nitrogen and oxygen atoms in total. The molecule has 19 heavy (non-hydrogen) atoms. The van der Waals surface area contributed by atoms with Gasteiger partial charge in [-0.15, -0.1) is 11.8 Å². The van der Waals surface area contributed by atoms with Gasteiger partial charge in [-0.3, -0.25) is 0 Å². The van der Waals surface area contributed by atoms with Gasteiger partial charge in [-0.2, -0.15) is 0 Å². The van der Waals surface area contributed by atoms with Crippen LogP contribution in [0.25, 0.3) is 0 Å². The number of rotatable bonds is 1. The molecule has 1 heterocycles. The second-order valence-electron chi connectivity index (χ2n) is 5.70. The van der Waals surface area contributed by atoms with Crippen molar-refractivity contribution in [2.45, 2.75) is 37.3 Å². The Morgan fingerprint density at radius 1 is 1.05 bits per heavy atom. The van der Waals surface area contributed by atoms with Crippen LogP contribution in [0.4, 0.5) is 0 Å². The van der Waals surface area contributed by atoms with Gasteiger partial charge in [0.1, 0.15) is 0 Å². The van der Waals surface area contributed by atoms with Crippen molar-refractivity contribution < 1.29 is 0 Å². The van der Waals surface area contributed by atoms with E-state index >= 15 is 0 Å². The summed E-state index contributed by atoms with van der Waals surface area (Å²) in [4.78, 5) is 1.47. The Morgan fingerprint density at radius 3 is 2.63 bits per heavy atom. The van der Waals surface area contributed by atoms with Gasteiger partial charge in [-0.25, -0.2) is 0 Å². The van der Waals surface area contributed by atoms with Crippen LogP contribution >= 0.6 is 11.8 Å². The highest BCUT2D eigenvalue weighted by Crippen LogP contribution is 2.45. The Kier molecular flexibility index (Phi) is 3.40. The van der Waals surface area contributed by atoms with Crippen molar-refractivity contribution in [3.8, 4) is 0 Å². The molecule has 0 aromatic heterocycles. The highest BCUT2D eigenvalue weighted by Gasteiger charge is 2.27. The third-order valence-electron chi connectivity index (χ3n) is 4.04. The van der Waals surface area contributed by atoms with E-state index < -0.39 is 0 Å². The van der Waals surface area contributed by atoms with E-state index in [2.05, 4.69) is 63.2 Å². The summed E-state index contributed by atoms with van der Waals surface area (Å²) >= 11 is 1.99. The van der Waals surface area contributed by atoms with Crippen LogP contribution in [0.2, 0.25) is 0 Å². The van der Waals surface area contributed by atoms with E-state index in [1.54, 1.807) is 5.56 Å². The Bertz CT molecular complexity index is 598. The lowest BCUT2D eigenvalue weighted by molar-refractivity contribution is 0.554. The van der Waals surface area contributed by atoms with Gasteiger partial charge in [0.25, 0.3) is 0 Å². The van der Waals surface area contributed by atoms with Crippen LogP contribution < -0.4 is 0 Å². The van der Waals surface area contributed by atoms with E-state index in [0.29, 0.717) is 11.8 Å². The Labute approximate surface area is 120 Å². The SMILES string of the molecule is Cc1cccc2c1C(C(C)C)c1ccccc1CS2. The number of thioether (sulfide) groups is 1. The maximum absolute atomic E-state index is 2.34. The highest BCUT2D eigenvalue weighted by molar-refractivity contribution is 7.98. The number of fused-ring (bicyclic) bond motifs is 2. The zero-order valence-electron chi connectivity index (χ0n) is 11.8. The fourth-order valence-corrected chi connectivity index (χ4v) is 4.34. The molecule has 3 rings (SSSR count). The van der Waals surface area contributed by atoms with Gasteiger partial charge in [0, 0.05) is 16.6 Å². The summed E-state index contributed by atoms with van der Waals surface area (Å²) < 4.78 is 0. The van der Waals surface area contributed by atoms with Gasteiger partial charge < -0.3 is 0 Å². The van der Waals surface area contributed by atoms with Crippen LogP contribution in [-0.4, -0.2) is 0 Å². The quantitative estimate of drug-likeness (QED) is 0.668. The van der Waals surface area contributed by atoms with E-state index in [4.69, 9.17) is 0 Å². The van der Waals surface area contributed by atoms with Crippen molar-refractivity contribution in [1.82, 2.24) is 0 Å². The van der Waals surface area contributed by atoms with E-state index in [-0.39, 0.29) is 0 Å². The molecule has 0 saturated heterocycles. The first-order valence-electron chi connectivity index (χ1n) is 6.98. The summed E-state index contributed by atoms with van der Waals surface area (Å²) in [5, 5.41) is 0. The predicted octanol–water partition coefficient (Wildman–Crippen LogP) is 5.39. The first-order chi connectivity index (χ1) is 9.18. The third kappa shape index (κ3) is 2.21. The molecule has 2 aromatic carbocycles. The van der Waals surface area contributed by atoms with Crippen LogP contribution in [0, 0.1) is 12.8 Å². The minimum absolute atomic E-state index is 0.530. The van der Waals surface area contributed by atoms with Gasteiger partial charge in [0.15, 0.2) is 0 Å². The molecular weight excluding hydrogens is 248 g/mol. The Balaban J connectivity index is 2.26. The molecule has 0 saturated carbocycles. The second-order valence-corrected chi connectivity index (χ2v) is 6.71. The van der Waals surface area contributed by atoms with Crippen LogP contribution in [0.15, 0.2) is 47.4 Å². The van der Waals surface area contributed by atoms with Gasteiger partial charge >= 0.3 is 0 Å². The molecule has 1 heteroatoms. The average Bonchev–Trinajstić information content (AvgIpc) is 2.56. The molecule has 1 aliphatic heterocycles. The molecule has 0 N–H and O–H groups in total. The van der Waals surface area contributed by atoms with E-state index in [9.17, 15) is 0 Å². The number of hydrogen-bond donors (Lipinski definition) is 0. The molecule has 0 bridgehead atoms. The van der Waals surface area contributed by atoms with Crippen molar-refractivity contribution in [1.29, 1.82) is 0 Å². The third-order valence-corrected chi connectivity index (χ3v) is 5.16.